The average Bonchev–Trinajstić information content (AvgIpc) is 3.16. The third-order valence-corrected chi connectivity index (χ3v) is 3.85. The number of carbonyl (C=O) groups is 2. The molecule has 2 amide bonds. The summed E-state index contributed by atoms with van der Waals surface area (Å²) in [5.74, 6) is 0.592. The summed E-state index contributed by atoms with van der Waals surface area (Å²) in [6, 6.07) is 9.31. The monoisotopic (exact) mass is 401 g/mol. The Labute approximate surface area is 169 Å². The van der Waals surface area contributed by atoms with Crippen LogP contribution < -0.4 is 20.9 Å². The van der Waals surface area contributed by atoms with E-state index >= 15 is 0 Å². The second-order valence-corrected chi connectivity index (χ2v) is 6.73. The summed E-state index contributed by atoms with van der Waals surface area (Å²) >= 11 is 4.96. The topological polar surface area (TPSA) is 92.6 Å². The van der Waals surface area contributed by atoms with E-state index < -0.39 is 11.8 Å². The quantitative estimate of drug-likeness (QED) is 0.392. The summed E-state index contributed by atoms with van der Waals surface area (Å²) in [7, 11) is 0. The molecule has 3 N–H and O–H groups in total. The molecule has 1 heterocycles. The van der Waals surface area contributed by atoms with E-state index in [1.165, 1.54) is 18.4 Å². The zero-order valence-electron chi connectivity index (χ0n) is 15.9. The summed E-state index contributed by atoms with van der Waals surface area (Å²) in [6.45, 7) is 5.88. The molecule has 1 aromatic heterocycles. The van der Waals surface area contributed by atoms with E-state index in [0.29, 0.717) is 11.5 Å². The minimum Gasteiger partial charge on any atom is -0.483 e. The van der Waals surface area contributed by atoms with Gasteiger partial charge in [-0.05, 0) is 60.5 Å². The lowest BCUT2D eigenvalue weighted by Gasteiger charge is -2.15. The zero-order chi connectivity index (χ0) is 20.5. The lowest BCUT2D eigenvalue weighted by Crippen LogP contribution is -2.49. The van der Waals surface area contributed by atoms with Gasteiger partial charge in [-0.2, -0.15) is 0 Å². The Bertz CT molecular complexity index is 860. The van der Waals surface area contributed by atoms with Crippen molar-refractivity contribution in [3.8, 4) is 5.75 Å². The average molecular weight is 401 g/mol. The molecular formula is C20H23N3O4S. The fraction of sp³-hybridized carbons (Fsp3) is 0.250. The molecule has 7 nitrogen and oxygen atoms in total. The van der Waals surface area contributed by atoms with Gasteiger partial charge < -0.3 is 9.15 Å². The number of furan rings is 1. The van der Waals surface area contributed by atoms with Gasteiger partial charge >= 0.3 is 0 Å². The third-order valence-electron chi connectivity index (χ3n) is 3.64. The predicted molar refractivity (Wildman–Crippen MR) is 111 cm³/mol. The number of hydrazine groups is 1. The SMILES string of the molecule is Cc1ccc(C(C)C)c(OCC(=O)NNC(=S)NC(=O)C=Cc2ccco2)c1. The summed E-state index contributed by atoms with van der Waals surface area (Å²) in [5, 5.41) is 2.36. The summed E-state index contributed by atoms with van der Waals surface area (Å²) < 4.78 is 10.7. The highest BCUT2D eigenvalue weighted by atomic mass is 32.1. The first-order chi connectivity index (χ1) is 13.3. The number of aryl methyl sites for hydroxylation is 1. The number of rotatable bonds is 6. The van der Waals surface area contributed by atoms with Crippen molar-refractivity contribution in [3.63, 3.8) is 0 Å². The van der Waals surface area contributed by atoms with Crippen LogP contribution in [0.25, 0.3) is 6.08 Å². The van der Waals surface area contributed by atoms with Gasteiger partial charge in [0.15, 0.2) is 11.7 Å². The first-order valence-electron chi connectivity index (χ1n) is 8.70. The molecule has 1 aromatic carbocycles. The molecule has 0 fully saturated rings. The molecule has 28 heavy (non-hydrogen) atoms. The molecule has 0 saturated heterocycles. The maximum absolute atomic E-state index is 12.0. The van der Waals surface area contributed by atoms with Gasteiger partial charge in [-0.15, -0.1) is 0 Å². The lowest BCUT2D eigenvalue weighted by molar-refractivity contribution is -0.123. The van der Waals surface area contributed by atoms with Gasteiger partial charge in [0.25, 0.3) is 5.91 Å². The highest BCUT2D eigenvalue weighted by Gasteiger charge is 2.10. The van der Waals surface area contributed by atoms with E-state index in [4.69, 9.17) is 21.4 Å². The number of ether oxygens (including phenoxy) is 1. The van der Waals surface area contributed by atoms with Crippen LogP contribution in [0.1, 0.15) is 36.7 Å². The molecule has 0 aliphatic heterocycles. The Balaban J connectivity index is 1.75. The minimum absolute atomic E-state index is 0.0409. The van der Waals surface area contributed by atoms with Crippen molar-refractivity contribution in [2.45, 2.75) is 26.7 Å². The molecular weight excluding hydrogens is 378 g/mol. The minimum atomic E-state index is -0.458. The number of benzene rings is 1. The van der Waals surface area contributed by atoms with Crippen LogP contribution in [0.2, 0.25) is 0 Å². The molecule has 0 aliphatic carbocycles. The van der Waals surface area contributed by atoms with Crippen LogP contribution in [-0.4, -0.2) is 23.5 Å². The molecule has 0 bridgehead atoms. The van der Waals surface area contributed by atoms with E-state index in [9.17, 15) is 9.59 Å². The Kier molecular flexibility index (Phi) is 7.76. The molecule has 8 heteroatoms. The Morgan fingerprint density at radius 1 is 1.25 bits per heavy atom. The second-order valence-electron chi connectivity index (χ2n) is 6.32. The number of hydrogen-bond acceptors (Lipinski definition) is 5. The lowest BCUT2D eigenvalue weighted by atomic mass is 10.0. The molecule has 2 aromatic rings. The summed E-state index contributed by atoms with van der Waals surface area (Å²) in [6.07, 6.45) is 4.27. The Morgan fingerprint density at radius 2 is 2.04 bits per heavy atom. The van der Waals surface area contributed by atoms with E-state index in [0.717, 1.165) is 11.1 Å². The van der Waals surface area contributed by atoms with Crippen molar-refractivity contribution >= 4 is 35.2 Å². The zero-order valence-corrected chi connectivity index (χ0v) is 16.8. The first kappa shape index (κ1) is 21.2. The highest BCUT2D eigenvalue weighted by Crippen LogP contribution is 2.27. The molecule has 2 rings (SSSR count). The Morgan fingerprint density at radius 3 is 2.71 bits per heavy atom. The van der Waals surface area contributed by atoms with Crippen molar-refractivity contribution in [2.75, 3.05) is 6.61 Å². The number of thiocarbonyl (C=S) groups is 1. The molecule has 0 aliphatic rings. The largest absolute Gasteiger partial charge is 0.483 e. The predicted octanol–water partition coefficient (Wildman–Crippen LogP) is 2.83. The Hall–Kier alpha value is -3.13. The van der Waals surface area contributed by atoms with Crippen LogP contribution in [-0.2, 0) is 9.59 Å². The molecule has 0 saturated carbocycles. The summed E-state index contributed by atoms with van der Waals surface area (Å²) in [5.41, 5.74) is 6.90. The van der Waals surface area contributed by atoms with Crippen LogP contribution in [0, 0.1) is 6.92 Å². The van der Waals surface area contributed by atoms with Crippen molar-refractivity contribution in [2.24, 2.45) is 0 Å². The van der Waals surface area contributed by atoms with Crippen molar-refractivity contribution < 1.29 is 18.7 Å². The molecule has 0 radical (unpaired) electrons. The fourth-order valence-electron chi connectivity index (χ4n) is 2.28. The third kappa shape index (κ3) is 6.88. The second kappa shape index (κ2) is 10.3. The van der Waals surface area contributed by atoms with Crippen LogP contribution in [0.4, 0.5) is 0 Å². The standard InChI is InChI=1S/C20H23N3O4S/c1-13(2)16-8-6-14(3)11-17(16)27-12-19(25)22-23-20(28)21-18(24)9-7-15-5-4-10-26-15/h4-11,13H,12H2,1-3H3,(H,22,25)(H2,21,23,24,28). The van der Waals surface area contributed by atoms with E-state index in [2.05, 4.69) is 30.0 Å². The molecule has 0 atom stereocenters. The first-order valence-corrected chi connectivity index (χ1v) is 9.10. The van der Waals surface area contributed by atoms with Gasteiger partial charge in [-0.3, -0.25) is 25.8 Å². The number of hydrogen-bond donors (Lipinski definition) is 3. The van der Waals surface area contributed by atoms with Gasteiger partial charge in [0.05, 0.1) is 6.26 Å². The van der Waals surface area contributed by atoms with Crippen molar-refractivity contribution in [1.82, 2.24) is 16.2 Å². The van der Waals surface area contributed by atoms with Crippen molar-refractivity contribution in [1.29, 1.82) is 0 Å². The van der Waals surface area contributed by atoms with Crippen LogP contribution in [0.15, 0.2) is 47.1 Å². The number of nitrogens with one attached hydrogen (secondary N) is 3. The number of amides is 2. The van der Waals surface area contributed by atoms with Crippen LogP contribution in [0.3, 0.4) is 0 Å². The normalized spacial score (nSPS) is 10.7. The van der Waals surface area contributed by atoms with E-state index in [1.807, 2.05) is 25.1 Å². The van der Waals surface area contributed by atoms with Gasteiger partial charge in [-0.1, -0.05) is 26.0 Å². The van der Waals surface area contributed by atoms with Gasteiger partial charge in [-0.25, -0.2) is 0 Å². The maximum Gasteiger partial charge on any atom is 0.276 e. The number of carbonyl (C=O) groups excluding carboxylic acids is 2. The highest BCUT2D eigenvalue weighted by molar-refractivity contribution is 7.80. The van der Waals surface area contributed by atoms with Gasteiger partial charge in [0.2, 0.25) is 5.91 Å². The molecule has 148 valence electrons. The fourth-order valence-corrected chi connectivity index (χ4v) is 2.43. The maximum atomic E-state index is 12.0. The molecule has 0 spiro atoms. The van der Waals surface area contributed by atoms with Gasteiger partial charge in [0.1, 0.15) is 11.5 Å². The van der Waals surface area contributed by atoms with Crippen LogP contribution in [0.5, 0.6) is 5.75 Å². The van der Waals surface area contributed by atoms with Crippen molar-refractivity contribution in [3.05, 3.63) is 59.6 Å². The smallest absolute Gasteiger partial charge is 0.276 e. The van der Waals surface area contributed by atoms with Crippen LogP contribution >= 0.6 is 12.2 Å². The van der Waals surface area contributed by atoms with E-state index in [-0.39, 0.29) is 17.6 Å². The van der Waals surface area contributed by atoms with E-state index in [1.54, 1.807) is 12.1 Å². The molecule has 0 unspecified atom stereocenters. The van der Waals surface area contributed by atoms with Gasteiger partial charge in [0, 0.05) is 6.08 Å². The summed E-state index contributed by atoms with van der Waals surface area (Å²) in [4.78, 5) is 23.7.